The number of rotatable bonds is 4. The van der Waals surface area contributed by atoms with Crippen molar-refractivity contribution >= 4 is 29.1 Å². The molecule has 102 valence electrons. The monoisotopic (exact) mass is 281 g/mol. The van der Waals surface area contributed by atoms with E-state index in [2.05, 4.69) is 10.6 Å². The predicted octanol–water partition coefficient (Wildman–Crippen LogP) is -0.174. The lowest BCUT2D eigenvalue weighted by atomic mass is 10.3. The zero-order chi connectivity index (χ0) is 13.7. The molecule has 0 unspecified atom stereocenters. The predicted molar refractivity (Wildman–Crippen MR) is 70.9 cm³/mol. The second kappa shape index (κ2) is 6.33. The highest BCUT2D eigenvalue weighted by Gasteiger charge is 2.20. The highest BCUT2D eigenvalue weighted by atomic mass is 32.1. The summed E-state index contributed by atoms with van der Waals surface area (Å²) in [6.45, 7) is 1.42. The summed E-state index contributed by atoms with van der Waals surface area (Å²) in [7, 11) is 0. The van der Waals surface area contributed by atoms with Crippen LogP contribution < -0.4 is 10.6 Å². The molecule has 1 saturated heterocycles. The largest absolute Gasteiger partial charge is 0.353 e. The zero-order valence-electron chi connectivity index (χ0n) is 10.3. The molecular formula is C12H15N3O3S. The molecule has 0 atom stereocenters. The van der Waals surface area contributed by atoms with Gasteiger partial charge in [0.05, 0.1) is 11.4 Å². The molecule has 1 aliphatic rings. The van der Waals surface area contributed by atoms with Crippen LogP contribution in [0.3, 0.4) is 0 Å². The van der Waals surface area contributed by atoms with Gasteiger partial charge in [-0.2, -0.15) is 0 Å². The van der Waals surface area contributed by atoms with Gasteiger partial charge in [0.1, 0.15) is 0 Å². The number of nitrogens with zero attached hydrogens (tertiary/aromatic N) is 1. The van der Waals surface area contributed by atoms with Gasteiger partial charge < -0.3 is 15.5 Å². The topological polar surface area (TPSA) is 78.5 Å². The summed E-state index contributed by atoms with van der Waals surface area (Å²) in [4.78, 5) is 36.7. The van der Waals surface area contributed by atoms with E-state index in [0.29, 0.717) is 18.0 Å². The third kappa shape index (κ3) is 3.78. The average molecular weight is 281 g/mol. The van der Waals surface area contributed by atoms with Gasteiger partial charge in [-0.15, -0.1) is 11.3 Å². The third-order valence-corrected chi connectivity index (χ3v) is 3.63. The first-order chi connectivity index (χ1) is 9.16. The van der Waals surface area contributed by atoms with Gasteiger partial charge in [-0.25, -0.2) is 0 Å². The van der Waals surface area contributed by atoms with Crippen LogP contribution in [-0.2, 0) is 9.59 Å². The SMILES string of the molecule is O=C1CN(C(=O)CCNC(=O)c2cccs2)CCN1. The van der Waals surface area contributed by atoms with Crippen molar-refractivity contribution in [3.8, 4) is 0 Å². The van der Waals surface area contributed by atoms with E-state index < -0.39 is 0 Å². The van der Waals surface area contributed by atoms with E-state index in [1.54, 1.807) is 12.1 Å². The van der Waals surface area contributed by atoms with E-state index in [1.165, 1.54) is 16.2 Å². The molecule has 2 rings (SSSR count). The summed E-state index contributed by atoms with van der Waals surface area (Å²) >= 11 is 1.36. The first-order valence-electron chi connectivity index (χ1n) is 6.03. The van der Waals surface area contributed by atoms with Gasteiger partial charge in [0.2, 0.25) is 11.8 Å². The van der Waals surface area contributed by atoms with Crippen LogP contribution in [0.1, 0.15) is 16.1 Å². The van der Waals surface area contributed by atoms with E-state index in [4.69, 9.17) is 0 Å². The van der Waals surface area contributed by atoms with E-state index in [9.17, 15) is 14.4 Å². The summed E-state index contributed by atoms with van der Waals surface area (Å²) in [5.41, 5.74) is 0. The minimum absolute atomic E-state index is 0.109. The Labute approximate surface area is 114 Å². The number of piperazine rings is 1. The second-order valence-electron chi connectivity index (χ2n) is 4.15. The molecule has 0 aromatic carbocycles. The lowest BCUT2D eigenvalue weighted by molar-refractivity contribution is -0.138. The van der Waals surface area contributed by atoms with Crippen LogP contribution in [-0.4, -0.2) is 48.8 Å². The van der Waals surface area contributed by atoms with E-state index in [-0.39, 0.29) is 37.2 Å². The molecule has 0 bridgehead atoms. The van der Waals surface area contributed by atoms with Gasteiger partial charge in [0.25, 0.3) is 5.91 Å². The van der Waals surface area contributed by atoms with Crippen LogP contribution >= 0.6 is 11.3 Å². The molecule has 0 saturated carbocycles. The van der Waals surface area contributed by atoms with Gasteiger partial charge in [-0.05, 0) is 11.4 Å². The van der Waals surface area contributed by atoms with E-state index >= 15 is 0 Å². The van der Waals surface area contributed by atoms with Crippen LogP contribution in [0.25, 0.3) is 0 Å². The normalized spacial score (nSPS) is 14.9. The number of carbonyl (C=O) groups excluding carboxylic acids is 3. The highest BCUT2D eigenvalue weighted by Crippen LogP contribution is 2.07. The molecule has 1 aromatic heterocycles. The summed E-state index contributed by atoms with van der Waals surface area (Å²) < 4.78 is 0. The van der Waals surface area contributed by atoms with Crippen molar-refractivity contribution in [3.05, 3.63) is 22.4 Å². The number of hydrogen-bond acceptors (Lipinski definition) is 4. The van der Waals surface area contributed by atoms with Crippen molar-refractivity contribution in [2.75, 3.05) is 26.2 Å². The van der Waals surface area contributed by atoms with Crippen LogP contribution in [0.15, 0.2) is 17.5 Å². The van der Waals surface area contributed by atoms with Crippen LogP contribution in [0.4, 0.5) is 0 Å². The molecule has 1 fully saturated rings. The van der Waals surface area contributed by atoms with E-state index in [1.807, 2.05) is 5.38 Å². The van der Waals surface area contributed by atoms with Crippen LogP contribution in [0.2, 0.25) is 0 Å². The Morgan fingerprint density at radius 2 is 2.32 bits per heavy atom. The standard InChI is InChI=1S/C12H15N3O3S/c16-10-8-15(6-5-13-10)11(17)3-4-14-12(18)9-2-1-7-19-9/h1-2,7H,3-6,8H2,(H,13,16)(H,14,18). The molecule has 6 nitrogen and oxygen atoms in total. The Hall–Kier alpha value is -1.89. The molecule has 2 N–H and O–H groups in total. The van der Waals surface area contributed by atoms with Gasteiger partial charge in [0, 0.05) is 26.1 Å². The van der Waals surface area contributed by atoms with E-state index in [0.717, 1.165) is 0 Å². The number of thiophene rings is 1. The minimum atomic E-state index is -0.167. The Kier molecular flexibility index (Phi) is 4.51. The quantitative estimate of drug-likeness (QED) is 0.804. The minimum Gasteiger partial charge on any atom is -0.353 e. The third-order valence-electron chi connectivity index (χ3n) is 2.76. The fourth-order valence-electron chi connectivity index (χ4n) is 1.79. The number of amides is 3. The first-order valence-corrected chi connectivity index (χ1v) is 6.91. The second-order valence-corrected chi connectivity index (χ2v) is 5.10. The lowest BCUT2D eigenvalue weighted by Crippen LogP contribution is -2.50. The molecule has 1 aromatic rings. The van der Waals surface area contributed by atoms with Crippen molar-refractivity contribution in [3.63, 3.8) is 0 Å². The number of carbonyl (C=O) groups is 3. The van der Waals surface area contributed by atoms with Crippen LogP contribution in [0, 0.1) is 0 Å². The molecule has 0 aliphatic carbocycles. The van der Waals surface area contributed by atoms with Gasteiger partial charge in [0.15, 0.2) is 0 Å². The molecule has 0 spiro atoms. The van der Waals surface area contributed by atoms with Crippen molar-refractivity contribution in [1.29, 1.82) is 0 Å². The summed E-state index contributed by atoms with van der Waals surface area (Å²) in [6.07, 6.45) is 0.213. The smallest absolute Gasteiger partial charge is 0.261 e. The molecule has 0 radical (unpaired) electrons. The Morgan fingerprint density at radius 1 is 1.47 bits per heavy atom. The fraction of sp³-hybridized carbons (Fsp3) is 0.417. The molecule has 3 amide bonds. The maximum absolute atomic E-state index is 11.8. The van der Waals surface area contributed by atoms with Gasteiger partial charge in [-0.3, -0.25) is 14.4 Å². The first kappa shape index (κ1) is 13.5. The average Bonchev–Trinajstić information content (AvgIpc) is 2.92. The van der Waals surface area contributed by atoms with Crippen molar-refractivity contribution < 1.29 is 14.4 Å². The van der Waals surface area contributed by atoms with Gasteiger partial charge >= 0.3 is 0 Å². The van der Waals surface area contributed by atoms with Crippen LogP contribution in [0.5, 0.6) is 0 Å². The van der Waals surface area contributed by atoms with Crippen molar-refractivity contribution in [2.45, 2.75) is 6.42 Å². The summed E-state index contributed by atoms with van der Waals surface area (Å²) in [5.74, 6) is -0.414. The highest BCUT2D eigenvalue weighted by molar-refractivity contribution is 7.12. The molecule has 7 heteroatoms. The Morgan fingerprint density at radius 3 is 3.00 bits per heavy atom. The maximum Gasteiger partial charge on any atom is 0.261 e. The van der Waals surface area contributed by atoms with Crippen molar-refractivity contribution in [2.24, 2.45) is 0 Å². The molecule has 1 aliphatic heterocycles. The molecular weight excluding hydrogens is 266 g/mol. The summed E-state index contributed by atoms with van der Waals surface area (Å²) in [5, 5.41) is 7.17. The molecule has 2 heterocycles. The van der Waals surface area contributed by atoms with Crippen molar-refractivity contribution in [1.82, 2.24) is 15.5 Å². The number of hydrogen-bond donors (Lipinski definition) is 2. The summed E-state index contributed by atoms with van der Waals surface area (Å²) in [6, 6.07) is 3.54. The lowest BCUT2D eigenvalue weighted by Gasteiger charge is -2.26. The maximum atomic E-state index is 11.8. The molecule has 19 heavy (non-hydrogen) atoms. The zero-order valence-corrected chi connectivity index (χ0v) is 11.2. The number of nitrogens with one attached hydrogen (secondary N) is 2. The Bertz CT molecular complexity index is 473. The van der Waals surface area contributed by atoms with Gasteiger partial charge in [-0.1, -0.05) is 6.07 Å². The Balaban J connectivity index is 1.72. The fourth-order valence-corrected chi connectivity index (χ4v) is 2.43.